The van der Waals surface area contributed by atoms with E-state index in [1.54, 1.807) is 6.08 Å². The van der Waals surface area contributed by atoms with Crippen LogP contribution in [0.1, 0.15) is 19.8 Å². The Labute approximate surface area is 119 Å². The third kappa shape index (κ3) is 11.0. The first-order valence-corrected chi connectivity index (χ1v) is 10.7. The molecule has 0 aromatic heterocycles. The summed E-state index contributed by atoms with van der Waals surface area (Å²) in [5.74, 6) is -0.316. The van der Waals surface area contributed by atoms with E-state index in [-0.39, 0.29) is 17.3 Å². The molecule has 0 aromatic rings. The van der Waals surface area contributed by atoms with Gasteiger partial charge in [-0.05, 0) is 22.6 Å². The maximum Gasteiger partial charge on any atom is 0.209 e. The third-order valence-electron chi connectivity index (χ3n) is 1.94. The van der Waals surface area contributed by atoms with Crippen LogP contribution in [0, 0.1) is 0 Å². The second-order valence-electron chi connectivity index (χ2n) is 3.82. The van der Waals surface area contributed by atoms with Crippen LogP contribution in [0.25, 0.3) is 0 Å². The predicted octanol–water partition coefficient (Wildman–Crippen LogP) is 2.52. The molecule has 0 radical (unpaired) electrons. The molecule has 0 aliphatic carbocycles. The Balaban J connectivity index is 4.21. The van der Waals surface area contributed by atoms with Crippen molar-refractivity contribution in [1.29, 1.82) is 0 Å². The molecule has 0 aromatic carbocycles. The lowest BCUT2D eigenvalue weighted by molar-refractivity contribution is 0.601. The molecule has 0 spiro atoms. The Morgan fingerprint density at radius 2 is 1.68 bits per heavy atom. The number of hydrogen-bond donors (Lipinski definition) is 0. The summed E-state index contributed by atoms with van der Waals surface area (Å²) < 4.78 is 45.7. The zero-order valence-electron chi connectivity index (χ0n) is 11.0. The van der Waals surface area contributed by atoms with Gasteiger partial charge in [0.25, 0.3) is 0 Å². The molecule has 0 unspecified atom stereocenters. The van der Waals surface area contributed by atoms with Crippen LogP contribution in [0.5, 0.6) is 0 Å². The van der Waals surface area contributed by atoms with E-state index in [0.29, 0.717) is 10.8 Å². The summed E-state index contributed by atoms with van der Waals surface area (Å²) >= 11 is 0. The second-order valence-corrected chi connectivity index (χ2v) is 9.99. The highest BCUT2D eigenvalue weighted by molar-refractivity contribution is 8.73. The lowest BCUT2D eigenvalue weighted by Gasteiger charge is -1.96. The van der Waals surface area contributed by atoms with Gasteiger partial charge in [0.15, 0.2) is 9.84 Å². The van der Waals surface area contributed by atoms with Gasteiger partial charge in [-0.25, -0.2) is 16.8 Å². The maximum absolute atomic E-state index is 11.5. The van der Waals surface area contributed by atoms with E-state index in [4.69, 9.17) is 0 Å². The van der Waals surface area contributed by atoms with E-state index in [9.17, 15) is 16.8 Å². The minimum Gasteiger partial charge on any atom is -0.228 e. The molecule has 0 saturated heterocycles. The van der Waals surface area contributed by atoms with Crippen LogP contribution in [0.4, 0.5) is 0 Å². The lowest BCUT2D eigenvalue weighted by atomic mass is 10.3. The molecule has 4 nitrogen and oxygen atoms in total. The van der Waals surface area contributed by atoms with Crippen LogP contribution >= 0.6 is 10.8 Å². The average molecular weight is 324 g/mol. The Hall–Kier alpha value is -0.530. The van der Waals surface area contributed by atoms with E-state index in [1.165, 1.54) is 17.6 Å². The van der Waals surface area contributed by atoms with Crippen molar-refractivity contribution in [3.8, 4) is 0 Å². The fraction of sp³-hybridized carbons (Fsp3) is 0.500. The van der Waals surface area contributed by atoms with Crippen LogP contribution in [-0.2, 0) is 18.7 Å². The SMILES string of the molecule is C=CCS(=O)(=O)C/C=C/SS(=O)(=O)C/C=C/CCC. The van der Waals surface area contributed by atoms with Crippen molar-refractivity contribution in [3.63, 3.8) is 0 Å². The smallest absolute Gasteiger partial charge is 0.209 e. The van der Waals surface area contributed by atoms with Crippen molar-refractivity contribution in [2.24, 2.45) is 0 Å². The van der Waals surface area contributed by atoms with Gasteiger partial charge in [-0.3, -0.25) is 0 Å². The highest BCUT2D eigenvalue weighted by Gasteiger charge is 2.08. The normalized spacial score (nSPS) is 13.3. The molecule has 110 valence electrons. The fourth-order valence-corrected chi connectivity index (χ4v) is 4.08. The first-order chi connectivity index (χ1) is 8.83. The van der Waals surface area contributed by atoms with Crippen molar-refractivity contribution < 1.29 is 16.8 Å². The summed E-state index contributed by atoms with van der Waals surface area (Å²) in [4.78, 5) is 0. The molecule has 0 bridgehead atoms. The first kappa shape index (κ1) is 18.5. The molecular formula is C12H20O4S3. The number of sulfone groups is 1. The van der Waals surface area contributed by atoms with Gasteiger partial charge in [0.2, 0.25) is 8.87 Å². The van der Waals surface area contributed by atoms with Gasteiger partial charge in [0.05, 0.1) is 17.3 Å². The van der Waals surface area contributed by atoms with Gasteiger partial charge in [-0.1, -0.05) is 37.6 Å². The van der Waals surface area contributed by atoms with Crippen LogP contribution < -0.4 is 0 Å². The Morgan fingerprint density at radius 1 is 1.00 bits per heavy atom. The molecule has 7 heteroatoms. The minimum atomic E-state index is -3.26. The van der Waals surface area contributed by atoms with Gasteiger partial charge in [0, 0.05) is 0 Å². The van der Waals surface area contributed by atoms with Crippen LogP contribution in [-0.4, -0.2) is 34.1 Å². The van der Waals surface area contributed by atoms with E-state index >= 15 is 0 Å². The average Bonchev–Trinajstić information content (AvgIpc) is 2.30. The molecule has 19 heavy (non-hydrogen) atoms. The summed E-state index contributed by atoms with van der Waals surface area (Å²) in [5, 5.41) is 1.31. The van der Waals surface area contributed by atoms with Crippen LogP contribution in [0.15, 0.2) is 36.3 Å². The van der Waals surface area contributed by atoms with Crippen LogP contribution in [0.2, 0.25) is 0 Å². The molecule has 0 aliphatic rings. The summed E-state index contributed by atoms with van der Waals surface area (Å²) in [6.45, 7) is 5.36. The first-order valence-electron chi connectivity index (χ1n) is 5.85. The minimum absolute atomic E-state index is 0.0403. The predicted molar refractivity (Wildman–Crippen MR) is 83.4 cm³/mol. The molecule has 0 atom stereocenters. The Morgan fingerprint density at radius 3 is 2.26 bits per heavy atom. The molecule has 0 saturated carbocycles. The van der Waals surface area contributed by atoms with E-state index in [0.717, 1.165) is 12.8 Å². The van der Waals surface area contributed by atoms with Gasteiger partial charge in [-0.2, -0.15) is 0 Å². The van der Waals surface area contributed by atoms with Crippen molar-refractivity contribution in [3.05, 3.63) is 36.3 Å². The Bertz CT molecular complexity index is 513. The van der Waals surface area contributed by atoms with E-state index in [1.807, 2.05) is 13.0 Å². The van der Waals surface area contributed by atoms with Crippen molar-refractivity contribution in [2.45, 2.75) is 19.8 Å². The molecule has 0 heterocycles. The van der Waals surface area contributed by atoms with Gasteiger partial charge in [-0.15, -0.1) is 6.58 Å². The highest BCUT2D eigenvalue weighted by Crippen LogP contribution is 2.15. The fourth-order valence-electron chi connectivity index (χ4n) is 1.07. The molecular weight excluding hydrogens is 304 g/mol. The summed E-state index contributed by atoms with van der Waals surface area (Å²) in [7, 11) is -5.82. The number of hydrogen-bond acceptors (Lipinski definition) is 5. The number of allylic oxidation sites excluding steroid dienone is 1. The third-order valence-corrected chi connectivity index (χ3v) is 6.21. The van der Waals surface area contributed by atoms with Gasteiger partial charge >= 0.3 is 0 Å². The standard InChI is InChI=1S/C12H20O4S3/c1-3-5-6-7-12-19(15,16)17-9-8-11-18(13,14)10-4-2/h4,6-9H,2-3,5,10-12H2,1H3/b7-6+,9-8+. The maximum atomic E-state index is 11.5. The van der Waals surface area contributed by atoms with Crippen LogP contribution in [0.3, 0.4) is 0 Å². The largest absolute Gasteiger partial charge is 0.228 e. The molecule has 0 N–H and O–H groups in total. The monoisotopic (exact) mass is 324 g/mol. The van der Waals surface area contributed by atoms with Crippen molar-refractivity contribution in [1.82, 2.24) is 0 Å². The lowest BCUT2D eigenvalue weighted by Crippen LogP contribution is -2.06. The molecule has 0 amide bonds. The van der Waals surface area contributed by atoms with Crippen molar-refractivity contribution in [2.75, 3.05) is 17.3 Å². The molecule has 0 fully saturated rings. The van der Waals surface area contributed by atoms with E-state index in [2.05, 4.69) is 6.58 Å². The zero-order chi connectivity index (χ0) is 14.8. The number of unbranched alkanes of at least 4 members (excludes halogenated alkanes) is 1. The van der Waals surface area contributed by atoms with Gasteiger partial charge in [0.1, 0.15) is 0 Å². The second kappa shape index (κ2) is 9.39. The van der Waals surface area contributed by atoms with E-state index < -0.39 is 18.7 Å². The summed E-state index contributed by atoms with van der Waals surface area (Å²) in [6, 6.07) is 0. The topological polar surface area (TPSA) is 68.3 Å². The quantitative estimate of drug-likeness (QED) is 0.456. The summed E-state index contributed by atoms with van der Waals surface area (Å²) in [5.41, 5.74) is 0. The summed E-state index contributed by atoms with van der Waals surface area (Å²) in [6.07, 6.45) is 7.94. The zero-order valence-corrected chi connectivity index (χ0v) is 13.4. The van der Waals surface area contributed by atoms with Crippen molar-refractivity contribution >= 4 is 29.5 Å². The molecule has 0 rings (SSSR count). The number of rotatable bonds is 10. The Kier molecular flexibility index (Phi) is 9.12. The molecule has 0 aliphatic heterocycles. The highest BCUT2D eigenvalue weighted by atomic mass is 33.1. The van der Waals surface area contributed by atoms with Gasteiger partial charge < -0.3 is 0 Å².